The summed E-state index contributed by atoms with van der Waals surface area (Å²) < 4.78 is 25.3. The molecule has 0 radical (unpaired) electrons. The van der Waals surface area contributed by atoms with E-state index in [0.29, 0.717) is 11.3 Å². The van der Waals surface area contributed by atoms with Crippen LogP contribution in [-0.2, 0) is 4.79 Å². The largest absolute Gasteiger partial charge is 0.322 e. The molecule has 2 rings (SSSR count). The van der Waals surface area contributed by atoms with Crippen LogP contribution in [0.3, 0.4) is 0 Å². The lowest BCUT2D eigenvalue weighted by molar-refractivity contribution is -0.111. The Hall–Kier alpha value is -1.23. The fourth-order valence-electron chi connectivity index (χ4n) is 1.81. The summed E-state index contributed by atoms with van der Waals surface area (Å²) in [5, 5.41) is 2.62. The van der Waals surface area contributed by atoms with Crippen molar-refractivity contribution >= 4 is 27.5 Å². The number of hydrogen-bond donors (Lipinski definition) is 1. The summed E-state index contributed by atoms with van der Waals surface area (Å²) in [6.07, 6.45) is 3.24. The minimum absolute atomic E-state index is 0.281. The van der Waals surface area contributed by atoms with Crippen LogP contribution in [0.2, 0.25) is 0 Å². The zero-order chi connectivity index (χ0) is 13.3. The number of hydrogen-bond acceptors (Lipinski definition) is 1. The predicted octanol–water partition coefficient (Wildman–Crippen LogP) is 3.89. The van der Waals surface area contributed by atoms with E-state index in [2.05, 4.69) is 21.2 Å². The molecule has 1 fully saturated rings. The van der Waals surface area contributed by atoms with Crippen molar-refractivity contribution in [1.82, 2.24) is 0 Å². The summed E-state index contributed by atoms with van der Waals surface area (Å²) in [7, 11) is 0. The van der Waals surface area contributed by atoms with Crippen LogP contribution in [0.4, 0.5) is 14.5 Å². The van der Waals surface area contributed by atoms with Gasteiger partial charge in [-0.15, -0.1) is 0 Å². The van der Waals surface area contributed by atoms with Crippen molar-refractivity contribution in [3.8, 4) is 0 Å². The standard InChI is InChI=1S/C13H12BrF2NO/c1-2-3-12(18)17-11-5-4-8(15)6-9(11)10-7-13(10,14)16/h2-6,10H,7H2,1H3,(H,17,18)/b3-2+. The zero-order valence-corrected chi connectivity index (χ0v) is 11.3. The van der Waals surface area contributed by atoms with Gasteiger partial charge in [-0.05, 0) is 52.7 Å². The van der Waals surface area contributed by atoms with Crippen molar-refractivity contribution in [2.24, 2.45) is 0 Å². The molecule has 1 amide bonds. The van der Waals surface area contributed by atoms with Gasteiger partial charge in [-0.3, -0.25) is 4.79 Å². The third kappa shape index (κ3) is 2.77. The number of rotatable bonds is 3. The molecule has 0 saturated heterocycles. The van der Waals surface area contributed by atoms with E-state index in [4.69, 9.17) is 0 Å². The Labute approximate surface area is 112 Å². The molecule has 0 heterocycles. The van der Waals surface area contributed by atoms with E-state index >= 15 is 0 Å². The van der Waals surface area contributed by atoms with Crippen molar-refractivity contribution < 1.29 is 13.6 Å². The zero-order valence-electron chi connectivity index (χ0n) is 9.71. The van der Waals surface area contributed by atoms with E-state index in [9.17, 15) is 13.6 Å². The van der Waals surface area contributed by atoms with Crippen LogP contribution >= 0.6 is 15.9 Å². The molecule has 1 aromatic rings. The van der Waals surface area contributed by atoms with Crippen LogP contribution in [0.5, 0.6) is 0 Å². The summed E-state index contributed by atoms with van der Waals surface area (Å²) in [6.45, 7) is 1.72. The van der Waals surface area contributed by atoms with Gasteiger partial charge in [0, 0.05) is 18.0 Å². The number of carbonyl (C=O) groups is 1. The molecule has 0 spiro atoms. The molecule has 18 heavy (non-hydrogen) atoms. The molecular weight excluding hydrogens is 304 g/mol. The summed E-state index contributed by atoms with van der Waals surface area (Å²) in [5.41, 5.74) is 0.927. The highest BCUT2D eigenvalue weighted by Crippen LogP contribution is 2.60. The monoisotopic (exact) mass is 315 g/mol. The second kappa shape index (κ2) is 4.80. The molecule has 0 aliphatic heterocycles. The summed E-state index contributed by atoms with van der Waals surface area (Å²) in [6, 6.07) is 3.96. The normalized spacial score (nSPS) is 26.3. The van der Waals surface area contributed by atoms with Crippen LogP contribution < -0.4 is 5.32 Å². The smallest absolute Gasteiger partial charge is 0.248 e. The van der Waals surface area contributed by atoms with Crippen molar-refractivity contribution in [2.45, 2.75) is 23.8 Å². The molecule has 1 aromatic carbocycles. The van der Waals surface area contributed by atoms with Gasteiger partial charge in [0.05, 0.1) is 0 Å². The predicted molar refractivity (Wildman–Crippen MR) is 70.0 cm³/mol. The molecule has 1 N–H and O–H groups in total. The molecule has 2 nitrogen and oxygen atoms in total. The molecule has 2 atom stereocenters. The SMILES string of the molecule is C/C=C/C(=O)Nc1ccc(F)cc1C1CC1(F)Br. The lowest BCUT2D eigenvalue weighted by Gasteiger charge is -2.10. The average Bonchev–Trinajstić information content (AvgIpc) is 2.90. The Morgan fingerprint density at radius 2 is 2.28 bits per heavy atom. The maximum absolute atomic E-state index is 13.6. The van der Waals surface area contributed by atoms with Crippen LogP contribution in [0.25, 0.3) is 0 Å². The highest BCUT2D eigenvalue weighted by atomic mass is 79.9. The maximum Gasteiger partial charge on any atom is 0.248 e. The van der Waals surface area contributed by atoms with E-state index < -0.39 is 16.3 Å². The third-order valence-corrected chi connectivity index (χ3v) is 3.67. The van der Waals surface area contributed by atoms with Crippen molar-refractivity contribution in [2.75, 3.05) is 5.32 Å². The number of anilines is 1. The molecule has 0 aromatic heterocycles. The number of alkyl halides is 2. The molecule has 2 unspecified atom stereocenters. The van der Waals surface area contributed by atoms with Gasteiger partial charge in [0.25, 0.3) is 0 Å². The minimum Gasteiger partial charge on any atom is -0.322 e. The number of amides is 1. The topological polar surface area (TPSA) is 29.1 Å². The third-order valence-electron chi connectivity index (χ3n) is 2.79. The molecule has 5 heteroatoms. The van der Waals surface area contributed by atoms with E-state index in [1.165, 1.54) is 24.3 Å². The van der Waals surface area contributed by atoms with Crippen molar-refractivity contribution in [3.05, 3.63) is 41.7 Å². The molecule has 1 saturated carbocycles. The first-order valence-electron chi connectivity index (χ1n) is 5.55. The Morgan fingerprint density at radius 1 is 1.61 bits per heavy atom. The highest BCUT2D eigenvalue weighted by molar-refractivity contribution is 9.10. The van der Waals surface area contributed by atoms with Crippen molar-refractivity contribution in [3.63, 3.8) is 0 Å². The molecule has 1 aliphatic rings. The van der Waals surface area contributed by atoms with Gasteiger partial charge in [-0.2, -0.15) is 0 Å². The lowest BCUT2D eigenvalue weighted by Crippen LogP contribution is -2.10. The number of nitrogens with one attached hydrogen (secondary N) is 1. The fraction of sp³-hybridized carbons (Fsp3) is 0.308. The lowest BCUT2D eigenvalue weighted by atomic mass is 10.1. The van der Waals surface area contributed by atoms with Gasteiger partial charge in [-0.25, -0.2) is 8.78 Å². The molecule has 96 valence electrons. The van der Waals surface area contributed by atoms with E-state index in [1.54, 1.807) is 13.0 Å². The quantitative estimate of drug-likeness (QED) is 0.665. The first kappa shape index (κ1) is 13.2. The Kier molecular flexibility index (Phi) is 3.52. The second-order valence-electron chi connectivity index (χ2n) is 4.24. The van der Waals surface area contributed by atoms with Crippen LogP contribution in [0.15, 0.2) is 30.4 Å². The molecule has 0 bridgehead atoms. The van der Waals surface area contributed by atoms with Gasteiger partial charge in [-0.1, -0.05) is 6.08 Å². The molecule has 1 aliphatic carbocycles. The van der Waals surface area contributed by atoms with E-state index in [0.717, 1.165) is 0 Å². The van der Waals surface area contributed by atoms with Crippen LogP contribution in [0.1, 0.15) is 24.8 Å². The summed E-state index contributed by atoms with van der Waals surface area (Å²) >= 11 is 2.93. The van der Waals surface area contributed by atoms with Gasteiger partial charge < -0.3 is 5.32 Å². The Bertz CT molecular complexity index is 514. The molecular formula is C13H12BrF2NO. The Balaban J connectivity index is 2.27. The van der Waals surface area contributed by atoms with Gasteiger partial charge in [0.2, 0.25) is 5.91 Å². The first-order chi connectivity index (χ1) is 8.44. The number of benzene rings is 1. The highest BCUT2D eigenvalue weighted by Gasteiger charge is 2.55. The fourth-order valence-corrected chi connectivity index (χ4v) is 2.38. The summed E-state index contributed by atoms with van der Waals surface area (Å²) in [5.74, 6) is -1.18. The minimum atomic E-state index is -1.49. The average molecular weight is 316 g/mol. The maximum atomic E-state index is 13.6. The first-order valence-corrected chi connectivity index (χ1v) is 6.34. The number of halogens is 3. The Morgan fingerprint density at radius 3 is 2.83 bits per heavy atom. The van der Waals surface area contributed by atoms with Gasteiger partial charge in [0.15, 0.2) is 4.58 Å². The van der Waals surface area contributed by atoms with Crippen LogP contribution in [-0.4, -0.2) is 10.5 Å². The van der Waals surface area contributed by atoms with E-state index in [-0.39, 0.29) is 12.3 Å². The second-order valence-corrected chi connectivity index (χ2v) is 5.56. The van der Waals surface area contributed by atoms with Gasteiger partial charge >= 0.3 is 0 Å². The van der Waals surface area contributed by atoms with Gasteiger partial charge in [0.1, 0.15) is 5.82 Å². The van der Waals surface area contributed by atoms with E-state index in [1.807, 2.05) is 0 Å². The number of carbonyl (C=O) groups excluding carboxylic acids is 1. The van der Waals surface area contributed by atoms with Crippen molar-refractivity contribution in [1.29, 1.82) is 0 Å². The summed E-state index contributed by atoms with van der Waals surface area (Å²) in [4.78, 5) is 11.5. The van der Waals surface area contributed by atoms with Crippen LogP contribution in [0, 0.1) is 5.82 Å². The number of allylic oxidation sites excluding steroid dienone is 1.